The highest BCUT2D eigenvalue weighted by Gasteiger charge is 2.64. The average Bonchev–Trinajstić information content (AvgIpc) is 2.92. The van der Waals surface area contributed by atoms with Gasteiger partial charge in [0.05, 0.1) is 6.54 Å². The summed E-state index contributed by atoms with van der Waals surface area (Å²) in [5, 5.41) is 34.8. The van der Waals surface area contributed by atoms with Crippen molar-refractivity contribution in [2.45, 2.75) is 48.7 Å². The number of amides is 2. The lowest BCUT2D eigenvalue weighted by Gasteiger charge is -2.43. The van der Waals surface area contributed by atoms with Crippen molar-refractivity contribution in [2.24, 2.45) is 5.11 Å². The molecule has 2 heterocycles. The number of aromatic hydroxyl groups is 1. The molecular weight excluding hydrogens is 402 g/mol. The molecule has 1 aromatic rings. The summed E-state index contributed by atoms with van der Waals surface area (Å²) >= 11 is 1.28. The van der Waals surface area contributed by atoms with Crippen molar-refractivity contribution >= 4 is 29.5 Å². The molecule has 154 valence electrons. The van der Waals surface area contributed by atoms with Crippen molar-refractivity contribution in [1.29, 1.82) is 0 Å². The quantitative estimate of drug-likeness (QED) is 0.228. The number of aliphatic hydroxyl groups is 1. The van der Waals surface area contributed by atoms with Crippen LogP contribution < -0.4 is 5.32 Å². The number of nitrogens with zero attached hydrogens (tertiary/aromatic N) is 4. The number of fused-ring (bicyclic) bond motifs is 1. The van der Waals surface area contributed by atoms with Gasteiger partial charge in [-0.25, -0.2) is 4.79 Å². The minimum atomic E-state index is -1.63. The number of aliphatic carboxylic acids is 1. The van der Waals surface area contributed by atoms with Gasteiger partial charge in [0, 0.05) is 15.2 Å². The molecule has 4 atom stereocenters. The van der Waals surface area contributed by atoms with Crippen molar-refractivity contribution in [1.82, 2.24) is 10.2 Å². The van der Waals surface area contributed by atoms with Crippen LogP contribution in [0.2, 0.25) is 0 Å². The van der Waals surface area contributed by atoms with E-state index in [0.717, 1.165) is 0 Å². The molecule has 2 saturated heterocycles. The number of hydrogen-bond donors (Lipinski definition) is 4. The normalized spacial score (nSPS) is 25.4. The minimum absolute atomic E-state index is 0.148. The van der Waals surface area contributed by atoms with Crippen LogP contribution in [0, 0.1) is 0 Å². The van der Waals surface area contributed by atoms with Crippen LogP contribution in [-0.4, -0.2) is 60.2 Å². The lowest BCUT2D eigenvalue weighted by molar-refractivity contribution is -0.161. The third kappa shape index (κ3) is 3.57. The number of thioether (sulfide) groups is 1. The van der Waals surface area contributed by atoms with E-state index in [1.807, 2.05) is 0 Å². The first-order valence-electron chi connectivity index (χ1n) is 8.62. The van der Waals surface area contributed by atoms with E-state index in [2.05, 4.69) is 15.3 Å². The molecule has 4 N–H and O–H groups in total. The number of carbonyl (C=O) groups is 3. The summed E-state index contributed by atoms with van der Waals surface area (Å²) in [7, 11) is 0. The fourth-order valence-electron chi connectivity index (χ4n) is 3.54. The maximum atomic E-state index is 12.5. The molecule has 0 saturated carbocycles. The van der Waals surface area contributed by atoms with Crippen LogP contribution in [0.3, 0.4) is 0 Å². The summed E-state index contributed by atoms with van der Waals surface area (Å²) in [5.74, 6) is -2.61. The summed E-state index contributed by atoms with van der Waals surface area (Å²) in [5.41, 5.74) is 8.78. The Morgan fingerprint density at radius 1 is 1.45 bits per heavy atom. The van der Waals surface area contributed by atoms with Gasteiger partial charge in [0.15, 0.2) is 6.10 Å². The number of benzene rings is 1. The molecule has 2 aliphatic heterocycles. The van der Waals surface area contributed by atoms with E-state index in [4.69, 9.17) is 5.53 Å². The number of carboxylic acids is 1. The van der Waals surface area contributed by atoms with E-state index in [0.29, 0.717) is 0 Å². The number of hydrogen-bond acceptors (Lipinski definition) is 7. The fourth-order valence-corrected chi connectivity index (χ4v) is 5.16. The number of phenolic OH excluding ortho intramolecular Hbond substituents is 1. The van der Waals surface area contributed by atoms with Crippen LogP contribution in [-0.2, 0) is 20.9 Å². The second-order valence-electron chi connectivity index (χ2n) is 7.26. The number of aliphatic hydroxyl groups excluding tert-OH is 1. The third-order valence-electron chi connectivity index (χ3n) is 4.94. The molecular formula is C17H19N5O6S. The number of azide groups is 1. The molecule has 1 aromatic carbocycles. The van der Waals surface area contributed by atoms with Crippen LogP contribution in [0.25, 0.3) is 10.4 Å². The highest BCUT2D eigenvalue weighted by molar-refractivity contribution is 8.01. The number of carboxylic acid groups (broad SMARTS) is 1. The average molecular weight is 421 g/mol. The van der Waals surface area contributed by atoms with Gasteiger partial charge in [0.25, 0.3) is 5.91 Å². The van der Waals surface area contributed by atoms with Crippen LogP contribution in [0.5, 0.6) is 5.75 Å². The zero-order chi connectivity index (χ0) is 21.5. The maximum absolute atomic E-state index is 12.5. The zero-order valence-corrected chi connectivity index (χ0v) is 16.3. The summed E-state index contributed by atoms with van der Waals surface area (Å²) < 4.78 is -0.725. The summed E-state index contributed by atoms with van der Waals surface area (Å²) in [6.07, 6.45) is -1.63. The lowest BCUT2D eigenvalue weighted by Crippen LogP contribution is -2.70. The van der Waals surface area contributed by atoms with Gasteiger partial charge in [-0.1, -0.05) is 11.2 Å². The number of phenols is 1. The molecule has 12 heteroatoms. The summed E-state index contributed by atoms with van der Waals surface area (Å²) in [4.78, 5) is 40.3. The standard InChI is InChI=1S/C17H19N5O6S/c1-17(2)12(16(27)28)22-14(26)10(15(22)29-17)20-13(25)11(24)7-3-4-9(23)8(5-7)6-19-21-18/h3-5,10-12,15,23-24H,6H2,1-2H3,(H,20,25)(H,27,28). The van der Waals surface area contributed by atoms with E-state index < -0.39 is 46.1 Å². The molecule has 3 rings (SSSR count). The van der Waals surface area contributed by atoms with Gasteiger partial charge in [-0.2, -0.15) is 0 Å². The molecule has 29 heavy (non-hydrogen) atoms. The van der Waals surface area contributed by atoms with Crippen LogP contribution >= 0.6 is 11.8 Å². The highest BCUT2D eigenvalue weighted by atomic mass is 32.2. The maximum Gasteiger partial charge on any atom is 0.327 e. The van der Waals surface area contributed by atoms with Gasteiger partial charge in [0.2, 0.25) is 5.91 Å². The zero-order valence-electron chi connectivity index (χ0n) is 15.5. The van der Waals surface area contributed by atoms with Crippen molar-refractivity contribution in [3.8, 4) is 5.75 Å². The number of carbonyl (C=O) groups excluding carboxylic acids is 2. The Hall–Kier alpha value is -2.95. The van der Waals surface area contributed by atoms with E-state index >= 15 is 0 Å². The van der Waals surface area contributed by atoms with E-state index in [-0.39, 0.29) is 23.4 Å². The first-order valence-corrected chi connectivity index (χ1v) is 9.50. The Balaban J connectivity index is 1.72. The van der Waals surface area contributed by atoms with Gasteiger partial charge in [-0.3, -0.25) is 9.59 Å². The summed E-state index contributed by atoms with van der Waals surface area (Å²) in [6, 6.07) is 1.99. The Morgan fingerprint density at radius 3 is 2.76 bits per heavy atom. The predicted molar refractivity (Wildman–Crippen MR) is 102 cm³/mol. The van der Waals surface area contributed by atoms with Crippen molar-refractivity contribution in [3.05, 3.63) is 39.8 Å². The monoisotopic (exact) mass is 421 g/mol. The van der Waals surface area contributed by atoms with Crippen molar-refractivity contribution < 1.29 is 29.7 Å². The van der Waals surface area contributed by atoms with Gasteiger partial charge >= 0.3 is 5.97 Å². The molecule has 4 unspecified atom stereocenters. The van der Waals surface area contributed by atoms with Gasteiger partial charge < -0.3 is 25.5 Å². The largest absolute Gasteiger partial charge is 0.508 e. The Kier molecular flexibility index (Phi) is 5.35. The van der Waals surface area contributed by atoms with E-state index in [1.54, 1.807) is 13.8 Å². The molecule has 0 spiro atoms. The second kappa shape index (κ2) is 7.47. The first kappa shape index (κ1) is 20.8. The second-order valence-corrected chi connectivity index (χ2v) is 9.03. The van der Waals surface area contributed by atoms with Gasteiger partial charge in [-0.15, -0.1) is 11.8 Å². The smallest absolute Gasteiger partial charge is 0.327 e. The molecule has 0 bridgehead atoms. The number of β-lactam (4-membered cyclic amide) rings is 1. The lowest BCUT2D eigenvalue weighted by atomic mass is 9.95. The van der Waals surface area contributed by atoms with Gasteiger partial charge in [0.1, 0.15) is 23.2 Å². The van der Waals surface area contributed by atoms with Crippen LogP contribution in [0.4, 0.5) is 0 Å². The minimum Gasteiger partial charge on any atom is -0.508 e. The summed E-state index contributed by atoms with van der Waals surface area (Å²) in [6.45, 7) is 3.28. The number of rotatable bonds is 6. The van der Waals surface area contributed by atoms with Crippen LogP contribution in [0.1, 0.15) is 31.1 Å². The van der Waals surface area contributed by atoms with Crippen LogP contribution in [0.15, 0.2) is 23.3 Å². The SMILES string of the molecule is CC1(C)SC2C(NC(=O)C(O)c3ccc(O)c(CN=[N+]=[N-])c3)C(=O)N2C1C(=O)O. The Labute approximate surface area is 169 Å². The first-order chi connectivity index (χ1) is 13.6. The topological polar surface area (TPSA) is 176 Å². The molecule has 2 fully saturated rings. The molecule has 0 aromatic heterocycles. The van der Waals surface area contributed by atoms with E-state index in [1.165, 1.54) is 34.9 Å². The highest BCUT2D eigenvalue weighted by Crippen LogP contribution is 2.50. The molecule has 2 aliphatic rings. The molecule has 2 amide bonds. The molecule has 0 aliphatic carbocycles. The number of nitrogens with one attached hydrogen (secondary N) is 1. The predicted octanol–water partition coefficient (Wildman–Crippen LogP) is 0.868. The molecule has 0 radical (unpaired) electrons. The van der Waals surface area contributed by atoms with Gasteiger partial charge in [-0.05, 0) is 37.1 Å². The molecule has 11 nitrogen and oxygen atoms in total. The third-order valence-corrected chi connectivity index (χ3v) is 6.52. The van der Waals surface area contributed by atoms with Crippen molar-refractivity contribution in [3.63, 3.8) is 0 Å². The van der Waals surface area contributed by atoms with E-state index in [9.17, 15) is 29.7 Å². The van der Waals surface area contributed by atoms with Crippen molar-refractivity contribution in [2.75, 3.05) is 0 Å². The Morgan fingerprint density at radius 2 is 2.14 bits per heavy atom. The Bertz CT molecular complexity index is 931. The fraction of sp³-hybridized carbons (Fsp3) is 0.471.